The normalized spacial score (nSPS) is 30.3. The van der Waals surface area contributed by atoms with E-state index in [4.69, 9.17) is 18.0 Å². The zero-order valence-electron chi connectivity index (χ0n) is 32.8. The zero-order valence-corrected chi connectivity index (χ0v) is 34.8. The molecule has 0 amide bonds. The summed E-state index contributed by atoms with van der Waals surface area (Å²) in [6.45, 7) is 34.2. The van der Waals surface area contributed by atoms with Gasteiger partial charge in [-0.15, -0.1) is 0 Å². The molecule has 0 radical (unpaired) electrons. The summed E-state index contributed by atoms with van der Waals surface area (Å²) in [5.74, 6) is 0.886. The summed E-state index contributed by atoms with van der Waals surface area (Å²) in [5, 5.41) is -0.0695. The minimum absolute atomic E-state index is 0.0348. The molecule has 2 rings (SSSR count). The molecule has 0 aliphatic carbocycles. The number of hydrogen-bond acceptors (Lipinski definition) is 5. The van der Waals surface area contributed by atoms with Crippen LogP contribution < -0.4 is 0 Å². The first-order valence-electron chi connectivity index (χ1n) is 18.8. The minimum atomic E-state index is -2.55. The van der Waals surface area contributed by atoms with E-state index in [1.54, 1.807) is 0 Å². The van der Waals surface area contributed by atoms with Crippen LogP contribution in [0.1, 0.15) is 149 Å². The third-order valence-electron chi connectivity index (χ3n) is 11.1. The van der Waals surface area contributed by atoms with E-state index >= 15 is 0 Å². The third-order valence-corrected chi connectivity index (χ3v) is 21.1. The molecule has 2 aliphatic rings. The van der Waals surface area contributed by atoms with Crippen molar-refractivity contribution < 1.29 is 22.8 Å². The molecule has 5 nitrogen and oxygen atoms in total. The van der Waals surface area contributed by atoms with Crippen molar-refractivity contribution in [2.45, 2.75) is 201 Å². The fourth-order valence-electron chi connectivity index (χ4n) is 8.26. The topological polar surface area (TPSA) is 54.0 Å². The first kappa shape index (κ1) is 41.4. The summed E-state index contributed by atoms with van der Waals surface area (Å²) in [6.07, 6.45) is 11.0. The summed E-state index contributed by atoms with van der Waals surface area (Å²) in [5.41, 5.74) is 2.72. The Balaban J connectivity index is 2.18. The van der Waals surface area contributed by atoms with Crippen LogP contribution in [-0.4, -0.2) is 47.3 Å². The van der Waals surface area contributed by atoms with Crippen LogP contribution in [-0.2, 0) is 22.8 Å². The summed E-state index contributed by atoms with van der Waals surface area (Å²) in [6, 6.07) is 3.47. The molecule has 2 heterocycles. The molecule has 0 spiro atoms. The summed E-state index contributed by atoms with van der Waals surface area (Å²) < 4.78 is 27.1. The van der Waals surface area contributed by atoms with E-state index in [0.29, 0.717) is 12.3 Å². The molecule has 0 aromatic rings. The van der Waals surface area contributed by atoms with Gasteiger partial charge in [0.1, 0.15) is 6.10 Å². The Kier molecular flexibility index (Phi) is 15.6. The third kappa shape index (κ3) is 10.9. The van der Waals surface area contributed by atoms with Crippen LogP contribution in [0, 0.1) is 17.8 Å². The van der Waals surface area contributed by atoms with Crippen LogP contribution in [0.2, 0.25) is 28.2 Å². The van der Waals surface area contributed by atoms with Crippen LogP contribution >= 0.6 is 0 Å². The lowest BCUT2D eigenvalue weighted by atomic mass is 9.89. The van der Waals surface area contributed by atoms with Crippen molar-refractivity contribution in [1.82, 2.24) is 0 Å². The molecular weight excluding hydrogens is 605 g/mol. The van der Waals surface area contributed by atoms with Gasteiger partial charge in [-0.25, -0.2) is 0 Å². The Hall–Kier alpha value is -0.736. The Morgan fingerprint density at radius 2 is 1.61 bits per heavy atom. The Morgan fingerprint density at radius 1 is 1.02 bits per heavy atom. The Labute approximate surface area is 287 Å². The van der Waals surface area contributed by atoms with E-state index in [0.717, 1.165) is 56.7 Å². The molecule has 1 fully saturated rings. The smallest absolute Gasteiger partial charge is 0.349 e. The average Bonchev–Trinajstić information content (AvgIpc) is 2.95. The molecule has 0 unspecified atom stereocenters. The second kappa shape index (κ2) is 17.3. The Morgan fingerprint density at radius 3 is 2.15 bits per heavy atom. The number of carbonyl (C=O) groups is 1. The van der Waals surface area contributed by atoms with E-state index < -0.39 is 16.9 Å². The zero-order chi connectivity index (χ0) is 35.1. The van der Waals surface area contributed by atoms with E-state index in [1.165, 1.54) is 11.1 Å². The predicted molar refractivity (Wildman–Crippen MR) is 200 cm³/mol. The maximum absolute atomic E-state index is 13.1. The van der Waals surface area contributed by atoms with Gasteiger partial charge >= 0.3 is 14.5 Å². The van der Waals surface area contributed by atoms with Crippen LogP contribution in [0.5, 0.6) is 0 Å². The maximum Gasteiger partial charge on any atom is 0.349 e. The average molecular weight is 679 g/mol. The molecule has 2 aliphatic heterocycles. The molecule has 46 heavy (non-hydrogen) atoms. The molecular formula is C39H74O5Si2. The summed E-state index contributed by atoms with van der Waals surface area (Å²) in [4.78, 5) is 13.1. The van der Waals surface area contributed by atoms with Gasteiger partial charge in [0.2, 0.25) is 0 Å². The largest absolute Gasteiger partial charge is 0.462 e. The van der Waals surface area contributed by atoms with Crippen LogP contribution in [0.4, 0.5) is 0 Å². The molecule has 0 aromatic carbocycles. The molecule has 0 saturated carbocycles. The number of rotatable bonds is 10. The standard InChI is InChI=1S/C39H74O5Si2/c1-16-45(17-2,18-3)43-35-20-19-21-37(40)41-34(23-22-28(4)24-31(35)7)30(6)25-29(5)26-32(8)36-27-33(9)42-46(44-36,38(10,11)12)39(13,14)15/h22,26,30-36H,16-21,23-25,27H2,1-15H3/b28-22+,29-26+/t30-,31-,32+,33+,34+,35-,36+/m0/s1. The van der Waals surface area contributed by atoms with Crippen LogP contribution in [0.3, 0.4) is 0 Å². The quantitative estimate of drug-likeness (QED) is 0.131. The summed E-state index contributed by atoms with van der Waals surface area (Å²) >= 11 is 0. The van der Waals surface area contributed by atoms with E-state index in [1.807, 2.05) is 0 Å². The van der Waals surface area contributed by atoms with Gasteiger partial charge in [0.25, 0.3) is 0 Å². The highest BCUT2D eigenvalue weighted by Gasteiger charge is 2.61. The Bertz CT molecular complexity index is 996. The molecule has 1 saturated heterocycles. The number of ether oxygens (including phenoxy) is 1. The van der Waals surface area contributed by atoms with Gasteiger partial charge in [-0.2, -0.15) is 0 Å². The number of allylic oxidation sites excluding steroid dienone is 2. The second-order valence-corrected chi connectivity index (χ2v) is 26.7. The number of hydrogen-bond donors (Lipinski definition) is 0. The van der Waals surface area contributed by atoms with Gasteiger partial charge in [0, 0.05) is 35.1 Å². The van der Waals surface area contributed by atoms with Crippen molar-refractivity contribution in [3.8, 4) is 0 Å². The first-order chi connectivity index (χ1) is 21.2. The molecule has 0 N–H and O–H groups in total. The van der Waals surface area contributed by atoms with Crippen LogP contribution in [0.15, 0.2) is 23.3 Å². The minimum Gasteiger partial charge on any atom is -0.462 e. The van der Waals surface area contributed by atoms with Crippen molar-refractivity contribution in [1.29, 1.82) is 0 Å². The lowest BCUT2D eigenvalue weighted by Gasteiger charge is -2.55. The van der Waals surface area contributed by atoms with E-state index in [-0.39, 0.29) is 52.3 Å². The van der Waals surface area contributed by atoms with Crippen molar-refractivity contribution >= 4 is 22.8 Å². The SMILES string of the molecule is CC[Si](CC)(CC)O[C@H]1CCCC(=O)O[C@@H]([C@@H](C)C/C(C)=C/[C@@H](C)[C@H]2C[C@@H](C)O[Si](C(C)(C)C)(C(C)(C)C)O2)C/C=C(\C)C[C@@H]1C. The van der Waals surface area contributed by atoms with E-state index in [9.17, 15) is 4.79 Å². The maximum atomic E-state index is 13.1. The monoisotopic (exact) mass is 679 g/mol. The molecule has 0 aromatic heterocycles. The van der Waals surface area contributed by atoms with Crippen molar-refractivity contribution in [3.63, 3.8) is 0 Å². The molecule has 7 atom stereocenters. The summed E-state index contributed by atoms with van der Waals surface area (Å²) in [7, 11) is -4.27. The van der Waals surface area contributed by atoms with Crippen LogP contribution in [0.25, 0.3) is 0 Å². The lowest BCUT2D eigenvalue weighted by molar-refractivity contribution is -0.151. The lowest BCUT2D eigenvalue weighted by Crippen LogP contribution is -2.63. The van der Waals surface area contributed by atoms with Crippen molar-refractivity contribution in [2.24, 2.45) is 17.8 Å². The highest BCUT2D eigenvalue weighted by Crippen LogP contribution is 2.55. The fraction of sp³-hybridized carbons (Fsp3) is 0.872. The number of carbonyl (C=O) groups excluding carboxylic acids is 1. The molecule has 7 heteroatoms. The van der Waals surface area contributed by atoms with Gasteiger partial charge < -0.3 is 18.0 Å². The van der Waals surface area contributed by atoms with Gasteiger partial charge in [-0.3, -0.25) is 4.79 Å². The van der Waals surface area contributed by atoms with E-state index in [2.05, 4.69) is 116 Å². The van der Waals surface area contributed by atoms with Gasteiger partial charge in [-0.05, 0) is 88.8 Å². The van der Waals surface area contributed by atoms with Gasteiger partial charge in [0.05, 0.1) is 6.10 Å². The molecule has 0 bridgehead atoms. The highest BCUT2D eigenvalue weighted by molar-refractivity contribution is 6.74. The van der Waals surface area contributed by atoms with Crippen molar-refractivity contribution in [2.75, 3.05) is 0 Å². The first-order valence-corrected chi connectivity index (χ1v) is 23.1. The predicted octanol–water partition coefficient (Wildman–Crippen LogP) is 11.7. The fourth-order valence-corrected chi connectivity index (χ4v) is 16.4. The number of esters is 1. The highest BCUT2D eigenvalue weighted by atomic mass is 28.4. The van der Waals surface area contributed by atoms with Gasteiger partial charge in [0.15, 0.2) is 8.32 Å². The van der Waals surface area contributed by atoms with Gasteiger partial charge in [-0.1, -0.05) is 106 Å². The second-order valence-electron chi connectivity index (χ2n) is 17.3. The van der Waals surface area contributed by atoms with Crippen molar-refractivity contribution in [3.05, 3.63) is 23.3 Å². The molecule has 268 valence electrons. The number of cyclic esters (lactones) is 1.